The SMILES string of the molecule is CCCCCc1ccc(C(F)(F)OCCc2cc(F)c(OC(F)F)c(F)c2)cc1. The number of unbranched alkanes of at least 4 members (excludes halogenated alkanes) is 2. The second-order valence-electron chi connectivity index (χ2n) is 6.54. The maximum absolute atomic E-state index is 14.2. The van der Waals surface area contributed by atoms with E-state index in [0.29, 0.717) is 0 Å². The number of halogens is 6. The third kappa shape index (κ3) is 6.96. The van der Waals surface area contributed by atoms with Crippen molar-refractivity contribution >= 4 is 0 Å². The summed E-state index contributed by atoms with van der Waals surface area (Å²) in [5.41, 5.74) is 0.605. The molecule has 29 heavy (non-hydrogen) atoms. The standard InChI is InChI=1S/C21H22F6O2/c1-2-3-4-5-14-6-8-16(9-7-14)21(26,27)28-11-10-15-12-17(22)19(18(23)13-15)29-20(24)25/h6-9,12-13,20H,2-5,10-11H2,1H3. The molecule has 0 aromatic heterocycles. The van der Waals surface area contributed by atoms with Crippen molar-refractivity contribution in [3.63, 3.8) is 0 Å². The Bertz CT molecular complexity index is 754. The molecule has 160 valence electrons. The fourth-order valence-corrected chi connectivity index (χ4v) is 2.78. The van der Waals surface area contributed by atoms with Gasteiger partial charge in [-0.05, 0) is 42.5 Å². The van der Waals surface area contributed by atoms with Gasteiger partial charge in [-0.25, -0.2) is 8.78 Å². The number of alkyl halides is 4. The van der Waals surface area contributed by atoms with Crippen molar-refractivity contribution in [3.8, 4) is 5.75 Å². The van der Waals surface area contributed by atoms with Gasteiger partial charge in [0.2, 0.25) is 0 Å². The molecule has 0 saturated heterocycles. The molecule has 0 N–H and O–H groups in total. The Hall–Kier alpha value is -2.22. The largest absolute Gasteiger partial charge is 0.429 e. The number of rotatable bonds is 11. The van der Waals surface area contributed by atoms with E-state index in [4.69, 9.17) is 0 Å². The van der Waals surface area contributed by atoms with E-state index < -0.39 is 36.7 Å². The van der Waals surface area contributed by atoms with E-state index in [1.54, 1.807) is 12.1 Å². The molecule has 0 fully saturated rings. The zero-order valence-corrected chi connectivity index (χ0v) is 15.9. The van der Waals surface area contributed by atoms with Crippen LogP contribution >= 0.6 is 0 Å². The van der Waals surface area contributed by atoms with Gasteiger partial charge in [0.1, 0.15) is 0 Å². The first-order valence-electron chi connectivity index (χ1n) is 9.27. The van der Waals surface area contributed by atoms with Gasteiger partial charge in [-0.15, -0.1) is 0 Å². The second-order valence-corrected chi connectivity index (χ2v) is 6.54. The Morgan fingerprint density at radius 2 is 1.52 bits per heavy atom. The third-order valence-corrected chi connectivity index (χ3v) is 4.30. The molecule has 0 amide bonds. The fraction of sp³-hybridized carbons (Fsp3) is 0.429. The quantitative estimate of drug-likeness (QED) is 0.301. The van der Waals surface area contributed by atoms with Crippen LogP contribution in [-0.2, 0) is 23.7 Å². The van der Waals surface area contributed by atoms with Crippen molar-refractivity contribution in [3.05, 3.63) is 64.7 Å². The first-order valence-corrected chi connectivity index (χ1v) is 9.27. The molecular weight excluding hydrogens is 398 g/mol. The molecule has 0 saturated carbocycles. The molecule has 0 bridgehead atoms. The highest BCUT2D eigenvalue weighted by Crippen LogP contribution is 2.30. The summed E-state index contributed by atoms with van der Waals surface area (Å²) in [6.07, 6.45) is 0.114. The zero-order chi connectivity index (χ0) is 21.4. The summed E-state index contributed by atoms with van der Waals surface area (Å²) in [4.78, 5) is 0. The number of ether oxygens (including phenoxy) is 2. The van der Waals surface area contributed by atoms with Gasteiger partial charge in [-0.1, -0.05) is 44.0 Å². The number of hydrogen-bond acceptors (Lipinski definition) is 2. The van der Waals surface area contributed by atoms with Gasteiger partial charge in [0.05, 0.1) is 12.2 Å². The first-order chi connectivity index (χ1) is 13.7. The van der Waals surface area contributed by atoms with Crippen LogP contribution in [0.1, 0.15) is 42.9 Å². The van der Waals surface area contributed by atoms with E-state index in [9.17, 15) is 26.3 Å². The van der Waals surface area contributed by atoms with Crippen LogP contribution in [0.2, 0.25) is 0 Å². The van der Waals surface area contributed by atoms with E-state index in [2.05, 4.69) is 16.4 Å². The van der Waals surface area contributed by atoms with Crippen LogP contribution in [0.25, 0.3) is 0 Å². The van der Waals surface area contributed by atoms with Crippen LogP contribution in [0.15, 0.2) is 36.4 Å². The van der Waals surface area contributed by atoms with Crippen LogP contribution < -0.4 is 4.74 Å². The summed E-state index contributed by atoms with van der Waals surface area (Å²) in [6, 6.07) is 7.30. The molecule has 2 nitrogen and oxygen atoms in total. The van der Waals surface area contributed by atoms with Crippen molar-refractivity contribution < 1.29 is 35.8 Å². The van der Waals surface area contributed by atoms with Crippen molar-refractivity contribution in [2.24, 2.45) is 0 Å². The minimum absolute atomic E-state index is 0.0244. The Morgan fingerprint density at radius 3 is 2.07 bits per heavy atom. The van der Waals surface area contributed by atoms with E-state index in [1.165, 1.54) is 12.1 Å². The number of aryl methyl sites for hydroxylation is 1. The Kier molecular flexibility index (Phi) is 8.37. The normalized spacial score (nSPS) is 11.9. The highest BCUT2D eigenvalue weighted by Gasteiger charge is 2.32. The molecule has 0 aliphatic rings. The van der Waals surface area contributed by atoms with Gasteiger partial charge in [0, 0.05) is 0 Å². The predicted molar refractivity (Wildman–Crippen MR) is 96.2 cm³/mol. The summed E-state index contributed by atoms with van der Waals surface area (Å²) >= 11 is 0. The topological polar surface area (TPSA) is 18.5 Å². The van der Waals surface area contributed by atoms with Crippen molar-refractivity contribution in [2.45, 2.75) is 51.7 Å². The zero-order valence-electron chi connectivity index (χ0n) is 15.9. The van der Waals surface area contributed by atoms with Gasteiger partial charge in [0.15, 0.2) is 17.4 Å². The smallest absolute Gasteiger partial charge is 0.387 e. The van der Waals surface area contributed by atoms with Crippen molar-refractivity contribution in [1.29, 1.82) is 0 Å². The molecule has 2 aromatic rings. The molecule has 2 aromatic carbocycles. The molecule has 8 heteroatoms. The lowest BCUT2D eigenvalue weighted by atomic mass is 10.1. The summed E-state index contributed by atoms with van der Waals surface area (Å²) in [7, 11) is 0. The third-order valence-electron chi connectivity index (χ3n) is 4.30. The van der Waals surface area contributed by atoms with E-state index in [0.717, 1.165) is 43.4 Å². The summed E-state index contributed by atoms with van der Waals surface area (Å²) in [5, 5.41) is 0. The highest BCUT2D eigenvalue weighted by molar-refractivity contribution is 5.31. The van der Waals surface area contributed by atoms with Crippen LogP contribution in [0, 0.1) is 11.6 Å². The molecule has 0 radical (unpaired) electrons. The molecule has 0 aliphatic carbocycles. The van der Waals surface area contributed by atoms with Crippen LogP contribution in [0.3, 0.4) is 0 Å². The van der Waals surface area contributed by atoms with Gasteiger partial charge in [-0.2, -0.15) is 17.6 Å². The minimum Gasteiger partial charge on any atom is -0.429 e. The molecule has 2 rings (SSSR count). The lowest BCUT2D eigenvalue weighted by Crippen LogP contribution is -2.20. The second kappa shape index (κ2) is 10.5. The van der Waals surface area contributed by atoms with Gasteiger partial charge < -0.3 is 9.47 Å². The molecule has 0 aliphatic heterocycles. The van der Waals surface area contributed by atoms with E-state index >= 15 is 0 Å². The van der Waals surface area contributed by atoms with Gasteiger partial charge in [-0.3, -0.25) is 0 Å². The average Bonchev–Trinajstić information content (AvgIpc) is 2.65. The predicted octanol–water partition coefficient (Wildman–Crippen LogP) is 6.61. The summed E-state index contributed by atoms with van der Waals surface area (Å²) in [6.45, 7) is -1.83. The van der Waals surface area contributed by atoms with Crippen LogP contribution in [-0.4, -0.2) is 13.2 Å². The number of hydrogen-bond donors (Lipinski definition) is 0. The Balaban J connectivity index is 1.93. The molecule has 0 unspecified atom stereocenters. The van der Waals surface area contributed by atoms with E-state index in [-0.39, 0.29) is 17.5 Å². The van der Waals surface area contributed by atoms with E-state index in [1.807, 2.05) is 0 Å². The monoisotopic (exact) mass is 420 g/mol. The molecular formula is C21H22F6O2. The highest BCUT2D eigenvalue weighted by atomic mass is 19.3. The molecule has 0 heterocycles. The Morgan fingerprint density at radius 1 is 0.897 bits per heavy atom. The van der Waals surface area contributed by atoms with Crippen molar-refractivity contribution in [2.75, 3.05) is 6.61 Å². The average molecular weight is 420 g/mol. The van der Waals surface area contributed by atoms with Crippen LogP contribution in [0.4, 0.5) is 26.3 Å². The maximum atomic E-state index is 14.2. The van der Waals surface area contributed by atoms with Gasteiger partial charge in [0.25, 0.3) is 0 Å². The first kappa shape index (κ1) is 23.1. The summed E-state index contributed by atoms with van der Waals surface area (Å²) < 4.78 is 88.3. The molecule has 0 spiro atoms. The fourth-order valence-electron chi connectivity index (χ4n) is 2.78. The minimum atomic E-state index is -3.57. The van der Waals surface area contributed by atoms with Crippen LogP contribution in [0.5, 0.6) is 5.75 Å². The van der Waals surface area contributed by atoms with Gasteiger partial charge >= 0.3 is 12.7 Å². The lowest BCUT2D eigenvalue weighted by Gasteiger charge is -2.18. The molecule has 0 atom stereocenters. The maximum Gasteiger partial charge on any atom is 0.387 e. The lowest BCUT2D eigenvalue weighted by molar-refractivity contribution is -0.248. The summed E-state index contributed by atoms with van der Waals surface area (Å²) in [5.74, 6) is -3.90. The van der Waals surface area contributed by atoms with Crippen molar-refractivity contribution in [1.82, 2.24) is 0 Å². The number of benzene rings is 2. The Labute approximate surface area is 165 Å².